The fraction of sp³-hybridized carbons (Fsp3) is 0.533. The molecule has 0 saturated carbocycles. The smallest absolute Gasteiger partial charge is 0.230 e. The van der Waals surface area contributed by atoms with Crippen LogP contribution in [0.1, 0.15) is 50.2 Å². The number of halogens is 1. The number of amides is 2. The van der Waals surface area contributed by atoms with Gasteiger partial charge in [-0.3, -0.25) is 9.59 Å². The predicted molar refractivity (Wildman–Crippen MR) is 156 cm³/mol. The first kappa shape index (κ1) is 29.6. The van der Waals surface area contributed by atoms with E-state index in [0.717, 1.165) is 42.9 Å². The number of piperidine rings is 2. The molecule has 2 aromatic rings. The van der Waals surface area contributed by atoms with Crippen molar-refractivity contribution in [1.82, 2.24) is 9.80 Å². The molecule has 9 heteroatoms. The number of anilines is 1. The Hall–Kier alpha value is -2.42. The van der Waals surface area contributed by atoms with Gasteiger partial charge in [-0.25, -0.2) is 8.42 Å². The van der Waals surface area contributed by atoms with Crippen LogP contribution in [0, 0.1) is 19.8 Å². The summed E-state index contributed by atoms with van der Waals surface area (Å²) in [6.45, 7) is 9.49. The van der Waals surface area contributed by atoms with Gasteiger partial charge in [0.15, 0.2) is 9.84 Å². The summed E-state index contributed by atoms with van der Waals surface area (Å²) in [5, 5.41) is 0.277. The topological polar surface area (TPSA) is 78.0 Å². The lowest BCUT2D eigenvalue weighted by atomic mass is 9.94. The lowest BCUT2D eigenvalue weighted by Crippen LogP contribution is -2.45. The molecule has 2 fully saturated rings. The van der Waals surface area contributed by atoms with Crippen LogP contribution < -0.4 is 4.90 Å². The highest BCUT2D eigenvalue weighted by Crippen LogP contribution is 2.28. The highest BCUT2D eigenvalue weighted by atomic mass is 35.5. The van der Waals surface area contributed by atoms with E-state index in [1.807, 2.05) is 49.1 Å². The van der Waals surface area contributed by atoms with Gasteiger partial charge in [0.1, 0.15) is 0 Å². The molecule has 2 saturated heterocycles. The van der Waals surface area contributed by atoms with Crippen molar-refractivity contribution < 1.29 is 18.0 Å². The average Bonchev–Trinajstić information content (AvgIpc) is 2.93. The normalized spacial score (nSPS) is 17.8. The number of rotatable bonds is 8. The van der Waals surface area contributed by atoms with Gasteiger partial charge in [-0.15, -0.1) is 0 Å². The first-order chi connectivity index (χ1) is 18.6. The van der Waals surface area contributed by atoms with E-state index in [-0.39, 0.29) is 23.0 Å². The van der Waals surface area contributed by atoms with Gasteiger partial charge in [-0.1, -0.05) is 35.4 Å². The Morgan fingerprint density at radius 2 is 1.59 bits per heavy atom. The minimum Gasteiger partial charge on any atom is -0.343 e. The van der Waals surface area contributed by atoms with Gasteiger partial charge in [0.05, 0.1) is 10.1 Å². The van der Waals surface area contributed by atoms with E-state index in [4.69, 9.17) is 11.6 Å². The third-order valence-electron chi connectivity index (χ3n) is 8.20. The van der Waals surface area contributed by atoms with E-state index in [1.165, 1.54) is 0 Å². The predicted octanol–water partition coefficient (Wildman–Crippen LogP) is 4.88. The quantitative estimate of drug-likeness (QED) is 0.450. The van der Waals surface area contributed by atoms with Crippen molar-refractivity contribution in [2.45, 2.75) is 63.0 Å². The Balaban J connectivity index is 1.35. The van der Waals surface area contributed by atoms with Crippen LogP contribution >= 0.6 is 11.6 Å². The molecule has 0 aromatic heterocycles. The molecule has 0 aliphatic carbocycles. The molecule has 4 rings (SSSR count). The Morgan fingerprint density at radius 1 is 0.949 bits per heavy atom. The number of benzene rings is 2. The van der Waals surface area contributed by atoms with Gasteiger partial charge >= 0.3 is 0 Å². The van der Waals surface area contributed by atoms with Crippen LogP contribution in [-0.2, 0) is 19.4 Å². The molecule has 39 heavy (non-hydrogen) atoms. The van der Waals surface area contributed by atoms with Crippen LogP contribution in [0.4, 0.5) is 5.69 Å². The van der Waals surface area contributed by atoms with Gasteiger partial charge in [-0.2, -0.15) is 0 Å². The third kappa shape index (κ3) is 7.21. The van der Waals surface area contributed by atoms with Crippen LogP contribution in [0.25, 0.3) is 0 Å². The molecular weight excluding hydrogens is 534 g/mol. The maximum Gasteiger partial charge on any atom is 0.230 e. The van der Waals surface area contributed by atoms with Crippen molar-refractivity contribution in [1.29, 1.82) is 0 Å². The minimum absolute atomic E-state index is 0.0542. The Bertz CT molecular complexity index is 1270. The number of aryl methyl sites for hydroxylation is 2. The summed E-state index contributed by atoms with van der Waals surface area (Å²) in [7, 11) is -3.33. The first-order valence-corrected chi connectivity index (χ1v) is 15.8. The lowest BCUT2D eigenvalue weighted by Gasteiger charge is -2.35. The van der Waals surface area contributed by atoms with Crippen LogP contribution in [-0.4, -0.2) is 74.6 Å². The zero-order valence-electron chi connectivity index (χ0n) is 23.2. The van der Waals surface area contributed by atoms with Gasteiger partial charge in [-0.05, 0) is 95.4 Å². The molecule has 2 aromatic carbocycles. The van der Waals surface area contributed by atoms with Gasteiger partial charge < -0.3 is 14.7 Å². The monoisotopic (exact) mass is 573 g/mol. The average molecular weight is 574 g/mol. The molecule has 0 radical (unpaired) electrons. The highest BCUT2D eigenvalue weighted by molar-refractivity contribution is 7.92. The standard InChI is InChI=1S/C30H40ClN3O4S/c1-22-5-9-27(10-6-22)39(37,38)28-13-17-32(18-14-28)15-4-16-34(26-8-7-23(2)29(31)21-26)30(36)25-11-19-33(20-12-25)24(3)35/h5-10,21,25,28H,4,11-20H2,1-3H3. The van der Waals surface area contributed by atoms with Gasteiger partial charge in [0.25, 0.3) is 0 Å². The molecule has 0 unspecified atom stereocenters. The molecule has 0 N–H and O–H groups in total. The number of hydrogen-bond donors (Lipinski definition) is 0. The fourth-order valence-corrected chi connectivity index (χ4v) is 7.50. The van der Waals surface area contributed by atoms with Crippen molar-refractivity contribution in [3.63, 3.8) is 0 Å². The zero-order valence-corrected chi connectivity index (χ0v) is 24.8. The Labute approximate surface area is 238 Å². The second-order valence-electron chi connectivity index (χ2n) is 11.0. The molecule has 2 amide bonds. The Morgan fingerprint density at radius 3 is 2.18 bits per heavy atom. The molecule has 2 heterocycles. The number of sulfone groups is 1. The molecule has 2 aliphatic heterocycles. The van der Waals surface area contributed by atoms with Crippen LogP contribution in [0.5, 0.6) is 0 Å². The van der Waals surface area contributed by atoms with Gasteiger partial charge in [0.2, 0.25) is 11.8 Å². The van der Waals surface area contributed by atoms with E-state index in [1.54, 1.807) is 24.0 Å². The van der Waals surface area contributed by atoms with Crippen molar-refractivity contribution in [3.8, 4) is 0 Å². The maximum atomic E-state index is 13.7. The maximum absolute atomic E-state index is 13.7. The molecule has 0 bridgehead atoms. The highest BCUT2D eigenvalue weighted by Gasteiger charge is 2.32. The number of likely N-dealkylation sites (tertiary alicyclic amines) is 2. The van der Waals surface area contributed by atoms with E-state index in [9.17, 15) is 18.0 Å². The number of carbonyl (C=O) groups excluding carboxylic acids is 2. The summed E-state index contributed by atoms with van der Waals surface area (Å²) >= 11 is 6.42. The SMILES string of the molecule is CC(=O)N1CCC(C(=O)N(CCCN2CCC(S(=O)(=O)c3ccc(C)cc3)CC2)c2ccc(C)c(Cl)c2)CC1. The summed E-state index contributed by atoms with van der Waals surface area (Å²) in [6, 6.07) is 12.9. The van der Waals surface area contributed by atoms with E-state index in [2.05, 4.69) is 4.90 Å². The molecular formula is C30H40ClN3O4S. The van der Waals surface area contributed by atoms with Crippen molar-refractivity contribution in [2.75, 3.05) is 44.2 Å². The third-order valence-corrected chi connectivity index (χ3v) is 10.9. The van der Waals surface area contributed by atoms with E-state index >= 15 is 0 Å². The molecule has 212 valence electrons. The molecule has 7 nitrogen and oxygen atoms in total. The van der Waals surface area contributed by atoms with Crippen molar-refractivity contribution in [3.05, 3.63) is 58.6 Å². The summed E-state index contributed by atoms with van der Waals surface area (Å²) in [4.78, 5) is 31.8. The number of carbonyl (C=O) groups is 2. The number of hydrogen-bond acceptors (Lipinski definition) is 5. The summed E-state index contributed by atoms with van der Waals surface area (Å²) in [6.07, 6.45) is 3.33. The van der Waals surface area contributed by atoms with Crippen molar-refractivity contribution >= 4 is 38.9 Å². The minimum atomic E-state index is -3.33. The molecule has 2 aliphatic rings. The van der Waals surface area contributed by atoms with Crippen LogP contribution in [0.2, 0.25) is 5.02 Å². The van der Waals surface area contributed by atoms with Crippen LogP contribution in [0.3, 0.4) is 0 Å². The van der Waals surface area contributed by atoms with E-state index in [0.29, 0.717) is 55.2 Å². The lowest BCUT2D eigenvalue weighted by molar-refractivity contribution is -0.133. The number of nitrogens with zero attached hydrogens (tertiary/aromatic N) is 3. The molecule has 0 atom stereocenters. The Kier molecular flexibility index (Phi) is 9.73. The fourth-order valence-electron chi connectivity index (χ4n) is 5.59. The zero-order chi connectivity index (χ0) is 28.2. The van der Waals surface area contributed by atoms with Crippen LogP contribution in [0.15, 0.2) is 47.4 Å². The second kappa shape index (κ2) is 12.8. The molecule has 0 spiro atoms. The van der Waals surface area contributed by atoms with E-state index < -0.39 is 9.84 Å². The van der Waals surface area contributed by atoms with Gasteiger partial charge in [0, 0.05) is 43.2 Å². The summed E-state index contributed by atoms with van der Waals surface area (Å²) in [5.41, 5.74) is 2.81. The largest absolute Gasteiger partial charge is 0.343 e. The summed E-state index contributed by atoms with van der Waals surface area (Å²) in [5.74, 6) is 0.0166. The van der Waals surface area contributed by atoms with Crippen molar-refractivity contribution in [2.24, 2.45) is 5.92 Å². The second-order valence-corrected chi connectivity index (χ2v) is 13.6. The summed E-state index contributed by atoms with van der Waals surface area (Å²) < 4.78 is 26.2. The first-order valence-electron chi connectivity index (χ1n) is 13.9.